The molecule has 1 amide bonds. The molecule has 114 valence electrons. The molecule has 3 N–H and O–H groups in total. The number of nitrogens with two attached hydrogens (primary N) is 1. The number of carbonyl (C=O) groups excluding carboxylic acids is 1. The Morgan fingerprint density at radius 3 is 2.35 bits per heavy atom. The maximum atomic E-state index is 12.1. The second-order valence-corrected chi connectivity index (χ2v) is 6.67. The molecule has 0 radical (unpaired) electrons. The van der Waals surface area contributed by atoms with E-state index in [2.05, 4.69) is 5.32 Å². The molecule has 8 heteroatoms. The Bertz CT molecular complexity index is 586. The Morgan fingerprint density at radius 1 is 1.35 bits per heavy atom. The molecule has 6 nitrogen and oxygen atoms in total. The number of amides is 1. The lowest BCUT2D eigenvalue weighted by Gasteiger charge is -2.15. The van der Waals surface area contributed by atoms with Gasteiger partial charge in [-0.05, 0) is 31.5 Å². The van der Waals surface area contributed by atoms with Crippen LogP contribution in [0.25, 0.3) is 0 Å². The first-order valence-corrected chi connectivity index (χ1v) is 7.20. The lowest BCUT2D eigenvalue weighted by Crippen LogP contribution is -2.32. The zero-order chi connectivity index (χ0) is 14.8. The summed E-state index contributed by atoms with van der Waals surface area (Å²) in [7, 11) is -0.615. The summed E-state index contributed by atoms with van der Waals surface area (Å²) in [5.41, 5.74) is 6.48. The third-order valence-corrected chi connectivity index (χ3v) is 4.58. The van der Waals surface area contributed by atoms with Crippen LogP contribution in [0.5, 0.6) is 0 Å². The number of carbonyl (C=O) groups is 1. The maximum Gasteiger partial charge on any atom is 0.242 e. The highest BCUT2D eigenvalue weighted by atomic mass is 35.5. The smallest absolute Gasteiger partial charge is 0.242 e. The number of rotatable bonds is 4. The molecular weight excluding hydrogens is 302 g/mol. The lowest BCUT2D eigenvalue weighted by atomic mass is 10.2. The predicted octanol–water partition coefficient (Wildman–Crippen LogP) is 0.953. The highest BCUT2D eigenvalue weighted by molar-refractivity contribution is 7.89. The van der Waals surface area contributed by atoms with E-state index in [1.165, 1.54) is 20.2 Å². The minimum absolute atomic E-state index is 0. The summed E-state index contributed by atoms with van der Waals surface area (Å²) < 4.78 is 25.4. The van der Waals surface area contributed by atoms with Gasteiger partial charge in [-0.25, -0.2) is 12.7 Å². The van der Waals surface area contributed by atoms with Crippen molar-refractivity contribution in [3.8, 4) is 0 Å². The highest BCUT2D eigenvalue weighted by Crippen LogP contribution is 2.22. The highest BCUT2D eigenvalue weighted by Gasteiger charge is 2.20. The van der Waals surface area contributed by atoms with E-state index in [-0.39, 0.29) is 23.2 Å². The summed E-state index contributed by atoms with van der Waals surface area (Å²) in [4.78, 5) is 11.7. The fourth-order valence-corrected chi connectivity index (χ4v) is 2.55. The molecule has 0 aliphatic carbocycles. The number of aryl methyl sites for hydroxylation is 1. The van der Waals surface area contributed by atoms with Crippen LogP contribution in [0.2, 0.25) is 0 Å². The SMILES string of the molecule is Cc1ccc(NC(=O)[C@H](C)N)cc1S(=O)(=O)N(C)C.Cl. The van der Waals surface area contributed by atoms with Gasteiger partial charge in [0.1, 0.15) is 0 Å². The van der Waals surface area contributed by atoms with Gasteiger partial charge in [-0.15, -0.1) is 12.4 Å². The normalized spacial score (nSPS) is 12.7. The van der Waals surface area contributed by atoms with E-state index in [9.17, 15) is 13.2 Å². The zero-order valence-electron chi connectivity index (χ0n) is 11.9. The molecule has 0 saturated carbocycles. The fourth-order valence-electron chi connectivity index (χ4n) is 1.41. The average molecular weight is 322 g/mol. The number of hydrogen-bond donors (Lipinski definition) is 2. The number of halogens is 1. The van der Waals surface area contributed by atoms with Gasteiger partial charge in [0.2, 0.25) is 15.9 Å². The van der Waals surface area contributed by atoms with Crippen molar-refractivity contribution in [2.24, 2.45) is 5.73 Å². The minimum atomic E-state index is -3.54. The van der Waals surface area contributed by atoms with E-state index in [0.29, 0.717) is 11.3 Å². The monoisotopic (exact) mass is 321 g/mol. The van der Waals surface area contributed by atoms with Crippen LogP contribution in [0.15, 0.2) is 23.1 Å². The number of hydrogen-bond acceptors (Lipinski definition) is 4. The van der Waals surface area contributed by atoms with Crippen LogP contribution >= 0.6 is 12.4 Å². The van der Waals surface area contributed by atoms with Crippen molar-refractivity contribution in [2.75, 3.05) is 19.4 Å². The average Bonchev–Trinajstić information content (AvgIpc) is 2.30. The van der Waals surface area contributed by atoms with Crippen LogP contribution in [-0.4, -0.2) is 38.8 Å². The number of sulfonamides is 1. The third kappa shape index (κ3) is 4.17. The molecule has 1 rings (SSSR count). The van der Waals surface area contributed by atoms with E-state index >= 15 is 0 Å². The number of nitrogens with zero attached hydrogens (tertiary/aromatic N) is 1. The summed E-state index contributed by atoms with van der Waals surface area (Å²) in [6, 6.07) is 4.07. The fraction of sp³-hybridized carbons (Fsp3) is 0.417. The van der Waals surface area contributed by atoms with Gasteiger partial charge in [-0.2, -0.15) is 0 Å². The maximum absolute atomic E-state index is 12.1. The lowest BCUT2D eigenvalue weighted by molar-refractivity contribution is -0.117. The van der Waals surface area contributed by atoms with Crippen LogP contribution in [-0.2, 0) is 14.8 Å². The number of anilines is 1. The van der Waals surface area contributed by atoms with Crippen molar-refractivity contribution in [2.45, 2.75) is 24.8 Å². The van der Waals surface area contributed by atoms with Gasteiger partial charge < -0.3 is 11.1 Å². The van der Waals surface area contributed by atoms with Gasteiger partial charge in [0.15, 0.2) is 0 Å². The molecule has 0 aromatic heterocycles. The van der Waals surface area contributed by atoms with Gasteiger partial charge in [-0.1, -0.05) is 6.07 Å². The molecule has 0 aliphatic rings. The molecule has 1 aromatic rings. The Morgan fingerprint density at radius 2 is 1.90 bits per heavy atom. The summed E-state index contributed by atoms with van der Waals surface area (Å²) >= 11 is 0. The molecule has 1 atom stereocenters. The van der Waals surface area contributed by atoms with E-state index in [1.807, 2.05) is 0 Å². The molecular formula is C12H20ClN3O3S. The van der Waals surface area contributed by atoms with E-state index in [0.717, 1.165) is 4.31 Å². The molecule has 0 unspecified atom stereocenters. The molecule has 1 aromatic carbocycles. The van der Waals surface area contributed by atoms with E-state index in [1.54, 1.807) is 26.0 Å². The second kappa shape index (κ2) is 7.03. The second-order valence-electron chi connectivity index (χ2n) is 4.55. The van der Waals surface area contributed by atoms with Crippen LogP contribution in [0.1, 0.15) is 12.5 Å². The third-order valence-electron chi connectivity index (χ3n) is 2.63. The van der Waals surface area contributed by atoms with E-state index in [4.69, 9.17) is 5.73 Å². The van der Waals surface area contributed by atoms with Crippen molar-refractivity contribution in [1.29, 1.82) is 0 Å². The van der Waals surface area contributed by atoms with Crippen LogP contribution in [0.4, 0.5) is 5.69 Å². The Balaban J connectivity index is 0.00000361. The molecule has 0 saturated heterocycles. The predicted molar refractivity (Wildman–Crippen MR) is 81.6 cm³/mol. The summed E-state index contributed by atoms with van der Waals surface area (Å²) in [6.07, 6.45) is 0. The Hall–Kier alpha value is -1.15. The largest absolute Gasteiger partial charge is 0.325 e. The first-order valence-electron chi connectivity index (χ1n) is 5.76. The van der Waals surface area contributed by atoms with Crippen molar-refractivity contribution in [1.82, 2.24) is 4.31 Å². The quantitative estimate of drug-likeness (QED) is 0.863. The number of benzene rings is 1. The van der Waals surface area contributed by atoms with Crippen molar-refractivity contribution >= 4 is 34.0 Å². The molecule has 0 heterocycles. The van der Waals surface area contributed by atoms with Crippen LogP contribution in [0, 0.1) is 6.92 Å². The molecule has 0 fully saturated rings. The Kier molecular flexibility index (Phi) is 6.63. The summed E-state index contributed by atoms with van der Waals surface area (Å²) in [5.74, 6) is -0.364. The van der Waals surface area contributed by atoms with Gasteiger partial charge in [0.05, 0.1) is 10.9 Å². The summed E-state index contributed by atoms with van der Waals surface area (Å²) in [6.45, 7) is 3.26. The van der Waals surface area contributed by atoms with Gasteiger partial charge in [0.25, 0.3) is 0 Å². The van der Waals surface area contributed by atoms with Gasteiger partial charge >= 0.3 is 0 Å². The molecule has 0 aliphatic heterocycles. The van der Waals surface area contributed by atoms with E-state index < -0.39 is 16.1 Å². The van der Waals surface area contributed by atoms with Gasteiger partial charge in [0, 0.05) is 19.8 Å². The topological polar surface area (TPSA) is 92.5 Å². The van der Waals surface area contributed by atoms with Crippen molar-refractivity contribution < 1.29 is 13.2 Å². The van der Waals surface area contributed by atoms with Crippen molar-refractivity contribution in [3.63, 3.8) is 0 Å². The first-order chi connectivity index (χ1) is 8.66. The standard InChI is InChI=1S/C12H19N3O3S.ClH/c1-8-5-6-10(14-12(16)9(2)13)7-11(8)19(17,18)15(3)4;/h5-7,9H,13H2,1-4H3,(H,14,16);1H/t9-;/m0./s1. The first kappa shape index (κ1) is 18.9. The van der Waals surface area contributed by atoms with Gasteiger partial charge in [-0.3, -0.25) is 4.79 Å². The summed E-state index contributed by atoms with van der Waals surface area (Å²) in [5, 5.41) is 2.57. The number of nitrogens with one attached hydrogen (secondary N) is 1. The minimum Gasteiger partial charge on any atom is -0.325 e. The van der Waals surface area contributed by atoms with Crippen molar-refractivity contribution in [3.05, 3.63) is 23.8 Å². The molecule has 20 heavy (non-hydrogen) atoms. The molecule has 0 spiro atoms. The zero-order valence-corrected chi connectivity index (χ0v) is 13.5. The van der Waals surface area contributed by atoms with Crippen LogP contribution in [0.3, 0.4) is 0 Å². The Labute approximate surface area is 125 Å². The molecule has 0 bridgehead atoms. The van der Waals surface area contributed by atoms with Crippen LogP contribution < -0.4 is 11.1 Å².